The quantitative estimate of drug-likeness (QED) is 0.132. The molecule has 16 heterocycles. The topological polar surface area (TPSA) is 172 Å². The minimum atomic E-state index is 0.903. The summed E-state index contributed by atoms with van der Waals surface area (Å²) in [5, 5.41) is 9.24. The molecule has 12 aromatic carbocycles. The molecule has 0 aliphatic heterocycles. The van der Waals surface area contributed by atoms with Gasteiger partial charge in [0.25, 0.3) is 0 Å². The first-order valence-corrected chi connectivity index (χ1v) is 48.2. The fourth-order valence-electron chi connectivity index (χ4n) is 25.9. The van der Waals surface area contributed by atoms with E-state index in [1.165, 1.54) is 200 Å². The molecule has 8 aliphatic carbocycles. The van der Waals surface area contributed by atoms with Crippen molar-refractivity contribution in [1.82, 2.24) is 77.4 Å². The lowest BCUT2D eigenvalue weighted by Gasteiger charge is -2.13. The lowest BCUT2D eigenvalue weighted by molar-refractivity contribution is 1.16. The predicted molar refractivity (Wildman–Crippen MR) is 559 cm³/mol. The number of nitrogens with zero attached hydrogens (tertiary/aromatic N) is 16. The number of hydrogen-bond donors (Lipinski definition) is 0. The van der Waals surface area contributed by atoms with Crippen molar-refractivity contribution in [3.63, 3.8) is 0 Å². The van der Waals surface area contributed by atoms with E-state index in [-0.39, 0.29) is 0 Å². The van der Waals surface area contributed by atoms with E-state index in [4.69, 9.17) is 39.9 Å². The van der Waals surface area contributed by atoms with Crippen molar-refractivity contribution >= 4 is 154 Å². The molecule has 16 heteroatoms. The number of fused-ring (bicyclic) bond motifs is 59. The average molecular weight is 1790 g/mol. The van der Waals surface area contributed by atoms with E-state index in [1.54, 1.807) is 0 Å². The van der Waals surface area contributed by atoms with E-state index in [0.717, 1.165) is 184 Å². The molecule has 16 aromatic heterocycles. The molecule has 0 unspecified atom stereocenters. The predicted octanol–water partition coefficient (Wildman–Crippen LogP) is 26.9. The standard InChI is InChI=1S/4C31H18N4/c1-2-5-20-17(4-1)13-23-21(20)8-7-18-12-19-14-24-25(15-22(19)29(18)23)31-34-26-16-32-11-9-27(26)35(31)28-6-3-10-33-30(24)28;1-2-5-19-17(4-1)12-23-20(19)7-8-21-22-15-26-25(14-18(22)13-24(21)23)30-29(6-3-10-33-30)35-28-9-11-32-16-27(28)34-31(26)35;1-2-5-21-17(4-1)12-18-7-8-19-13-20-14-23-24(15-22(20)29(19)28(18)21)31-34-25-16-32-11-9-26(25)35(31)27-6-3-10-33-30(23)27;1-2-5-21-17(4-1)10-18-11-19-12-20-13-25-26(15-24(20)23(19)14-22(18)21)31-34-27-16-32-9-7-28(27)35(31)29-6-3-8-33-30(25)29/h3*1-11,14-16H,12-13H2;1-9,11,13-16H,10,12H2. The van der Waals surface area contributed by atoms with Gasteiger partial charge in [0.15, 0.2) is 0 Å². The first-order valence-electron chi connectivity index (χ1n) is 48.2. The fourth-order valence-corrected chi connectivity index (χ4v) is 25.9. The average Bonchev–Trinajstić information content (AvgIpc) is 1.56. The Hall–Kier alpha value is -18.3. The number of imidazole rings is 4. The Kier molecular flexibility index (Phi) is 14.9. The highest BCUT2D eigenvalue weighted by atomic mass is 15.1. The van der Waals surface area contributed by atoms with Crippen LogP contribution < -0.4 is 0 Å². The Balaban J connectivity index is 0.0000000829. The van der Waals surface area contributed by atoms with Gasteiger partial charge < -0.3 is 0 Å². The summed E-state index contributed by atoms with van der Waals surface area (Å²) in [4.78, 5) is 56.8. The van der Waals surface area contributed by atoms with E-state index in [0.29, 0.717) is 0 Å². The van der Waals surface area contributed by atoms with Crippen LogP contribution in [0, 0.1) is 0 Å². The summed E-state index contributed by atoms with van der Waals surface area (Å²) in [5.41, 5.74) is 64.9. The number of pyridine rings is 12. The summed E-state index contributed by atoms with van der Waals surface area (Å²) >= 11 is 0. The highest BCUT2D eigenvalue weighted by Gasteiger charge is 2.36. The van der Waals surface area contributed by atoms with Crippen LogP contribution in [0.25, 0.3) is 243 Å². The molecular formula is C124H72N16. The molecule has 0 bridgehead atoms. The molecule has 0 amide bonds. The first kappa shape index (κ1) is 75.1. The van der Waals surface area contributed by atoms with Crippen LogP contribution in [-0.2, 0) is 51.4 Å². The molecule has 0 atom stereocenters. The monoisotopic (exact) mass is 1780 g/mol. The van der Waals surface area contributed by atoms with E-state index >= 15 is 0 Å². The zero-order valence-electron chi connectivity index (χ0n) is 75.1. The largest absolute Gasteiger partial charge is 0.290 e. The third-order valence-electron chi connectivity index (χ3n) is 31.8. The smallest absolute Gasteiger partial charge is 0.146 e. The van der Waals surface area contributed by atoms with Crippen molar-refractivity contribution in [1.29, 1.82) is 0 Å². The Morgan fingerprint density at radius 3 is 0.914 bits per heavy atom. The lowest BCUT2D eigenvalue weighted by Crippen LogP contribution is -1.94. The maximum atomic E-state index is 5.06. The molecule has 0 fully saturated rings. The van der Waals surface area contributed by atoms with Crippen molar-refractivity contribution in [3.05, 3.63) is 430 Å². The van der Waals surface area contributed by atoms with E-state index < -0.39 is 0 Å². The second-order valence-electron chi connectivity index (χ2n) is 38.8. The van der Waals surface area contributed by atoms with Crippen molar-refractivity contribution in [2.24, 2.45) is 0 Å². The normalized spacial score (nSPS) is 13.5. The molecule has 16 nitrogen and oxygen atoms in total. The minimum absolute atomic E-state index is 0.903. The zero-order chi connectivity index (χ0) is 90.7. The van der Waals surface area contributed by atoms with Crippen LogP contribution >= 0.6 is 0 Å². The van der Waals surface area contributed by atoms with Crippen LogP contribution in [0.15, 0.2) is 341 Å². The summed E-state index contributed by atoms with van der Waals surface area (Å²) < 4.78 is 8.97. The SMILES string of the molecule is c1ccc2c(c1)Cc1c-2ccc2c1-c1cc3c(cc1C2)c1ncccc1n1c2ccncc2nc31.c1ccc2c(c1)Cc1c-2ccc2c1Cc1cc3c(cc1-2)c1nc2cnccc2n1c1cccnc31.c1ccc2c(c1)Cc1cc3c(cc1-2)-c1cc2c(cc1C3)c1ncccc1n1c3ccncc3nc21.c1ccc2c(c1)Cc1ccc3c(c1-2)-c1cc2c(cc1C3)c1ncccc1n1c3ccncc3nc21. The van der Waals surface area contributed by atoms with Gasteiger partial charge in [0.2, 0.25) is 0 Å². The number of hydrogen-bond acceptors (Lipinski definition) is 12. The van der Waals surface area contributed by atoms with Crippen LogP contribution in [-0.4, -0.2) is 77.4 Å². The highest BCUT2D eigenvalue weighted by molar-refractivity contribution is 6.20. The summed E-state index contributed by atoms with van der Waals surface area (Å²) in [6.07, 6.45) is 30.2. The fraction of sp³-hybridized carbons (Fsp3) is 0.0645. The minimum Gasteiger partial charge on any atom is -0.290 e. The van der Waals surface area contributed by atoms with Gasteiger partial charge >= 0.3 is 0 Å². The van der Waals surface area contributed by atoms with Crippen LogP contribution in [0.1, 0.15) is 89.0 Å². The first-order chi connectivity index (χ1) is 69.4. The van der Waals surface area contributed by atoms with E-state index in [2.05, 4.69) is 256 Å². The zero-order valence-corrected chi connectivity index (χ0v) is 75.1. The third kappa shape index (κ3) is 10.3. The Labute approximate surface area is 796 Å². The number of benzene rings is 12. The summed E-state index contributed by atoms with van der Waals surface area (Å²) in [5.74, 6) is 0. The molecule has 0 spiro atoms. The van der Waals surface area contributed by atoms with Gasteiger partial charge in [0.05, 0.1) is 91.0 Å². The maximum Gasteiger partial charge on any atom is 0.146 e. The molecule has 8 aliphatic rings. The molecular weight excluding hydrogens is 1710 g/mol. The van der Waals surface area contributed by atoms with Gasteiger partial charge in [0, 0.05) is 92.7 Å². The molecule has 28 aromatic rings. The third-order valence-corrected chi connectivity index (χ3v) is 31.8. The van der Waals surface area contributed by atoms with Crippen LogP contribution in [0.4, 0.5) is 0 Å². The Morgan fingerprint density at radius 1 is 0.171 bits per heavy atom. The van der Waals surface area contributed by atoms with Gasteiger partial charge in [-0.1, -0.05) is 140 Å². The van der Waals surface area contributed by atoms with Gasteiger partial charge in [-0.15, -0.1) is 0 Å². The molecule has 36 rings (SSSR count). The van der Waals surface area contributed by atoms with Gasteiger partial charge in [-0.05, 0) is 357 Å². The number of rotatable bonds is 0. The summed E-state index contributed by atoms with van der Waals surface area (Å²) in [7, 11) is 0. The molecule has 0 N–H and O–H groups in total. The molecule has 648 valence electrons. The molecule has 0 saturated heterocycles. The van der Waals surface area contributed by atoms with Gasteiger partial charge in [0.1, 0.15) is 44.7 Å². The maximum absolute atomic E-state index is 5.06. The van der Waals surface area contributed by atoms with Crippen molar-refractivity contribution in [2.75, 3.05) is 0 Å². The van der Waals surface area contributed by atoms with Crippen molar-refractivity contribution < 1.29 is 0 Å². The Morgan fingerprint density at radius 2 is 0.457 bits per heavy atom. The van der Waals surface area contributed by atoms with Crippen LogP contribution in [0.5, 0.6) is 0 Å². The van der Waals surface area contributed by atoms with Crippen molar-refractivity contribution in [2.45, 2.75) is 51.4 Å². The van der Waals surface area contributed by atoms with E-state index in [1.807, 2.05) is 123 Å². The van der Waals surface area contributed by atoms with Gasteiger partial charge in [-0.25, -0.2) is 19.9 Å². The summed E-state index contributed by atoms with van der Waals surface area (Å²) in [6.45, 7) is 0. The van der Waals surface area contributed by atoms with Gasteiger partial charge in [-0.3, -0.25) is 57.5 Å². The summed E-state index contributed by atoms with van der Waals surface area (Å²) in [6, 6.07) is 97.9. The van der Waals surface area contributed by atoms with Crippen LogP contribution in [0.3, 0.4) is 0 Å². The van der Waals surface area contributed by atoms with Crippen molar-refractivity contribution in [3.8, 4) is 89.0 Å². The van der Waals surface area contributed by atoms with Gasteiger partial charge in [-0.2, -0.15) is 0 Å². The molecule has 140 heavy (non-hydrogen) atoms. The lowest BCUT2D eigenvalue weighted by atomic mass is 9.93. The molecule has 0 saturated carbocycles. The Bertz CT molecular complexity index is 10700. The molecule has 0 radical (unpaired) electrons. The van der Waals surface area contributed by atoms with E-state index in [9.17, 15) is 0 Å². The second kappa shape index (κ2) is 27.7. The highest BCUT2D eigenvalue weighted by Crippen LogP contribution is 2.56. The number of aromatic nitrogens is 16. The second-order valence-corrected chi connectivity index (χ2v) is 38.8. The van der Waals surface area contributed by atoms with Crippen LogP contribution in [0.2, 0.25) is 0 Å².